The van der Waals surface area contributed by atoms with Crippen LogP contribution in [0.1, 0.15) is 25.3 Å². The van der Waals surface area contributed by atoms with E-state index < -0.39 is 0 Å². The number of nitrogens with zero attached hydrogens (tertiary/aromatic N) is 2. The van der Waals surface area contributed by atoms with E-state index in [0.29, 0.717) is 28.8 Å². The number of ether oxygens (including phenoxy) is 1. The third-order valence-corrected chi connectivity index (χ3v) is 4.47. The monoisotopic (exact) mass is 340 g/mol. The number of hydrogen-bond donors (Lipinski definition) is 0. The normalized spacial score (nSPS) is 11.0. The third kappa shape index (κ3) is 3.14. The summed E-state index contributed by atoms with van der Waals surface area (Å²) >= 11 is 0. The average Bonchev–Trinajstić information content (AvgIpc) is 2.63. The van der Waals surface area contributed by atoms with Crippen LogP contribution in [0.2, 0.25) is 0 Å². The lowest BCUT2D eigenvalue weighted by atomic mass is 9.99. The first-order valence-corrected chi connectivity index (χ1v) is 8.38. The molecule has 0 unspecified atom stereocenters. The van der Waals surface area contributed by atoms with E-state index in [1.54, 1.807) is 30.0 Å². The van der Waals surface area contributed by atoms with Crippen molar-refractivity contribution in [1.29, 1.82) is 0 Å². The smallest absolute Gasteiger partial charge is 0.260 e. The minimum Gasteiger partial charge on any atom is -0.496 e. The molecule has 0 saturated heterocycles. The fourth-order valence-electron chi connectivity index (χ4n) is 2.98. The number of methoxy groups -OCH3 is 1. The number of pyridine rings is 2. The van der Waals surface area contributed by atoms with Crippen LogP contribution in [0.3, 0.4) is 0 Å². The van der Waals surface area contributed by atoms with Crippen LogP contribution in [-0.2, 0) is 6.54 Å². The molecule has 0 saturated carbocycles. The average molecular weight is 340 g/mol. The molecule has 0 N–H and O–H groups in total. The van der Waals surface area contributed by atoms with Gasteiger partial charge in [-0.25, -0.2) is 4.39 Å². The molecule has 0 aliphatic rings. The number of unbranched alkanes of at least 4 members (excludes halogenated alkanes) is 1. The van der Waals surface area contributed by atoms with Crippen molar-refractivity contribution in [2.45, 2.75) is 33.2 Å². The van der Waals surface area contributed by atoms with E-state index >= 15 is 0 Å². The number of hydrogen-bond acceptors (Lipinski definition) is 3. The number of fused-ring (bicyclic) bond motifs is 1. The third-order valence-electron chi connectivity index (χ3n) is 4.47. The number of halogens is 1. The van der Waals surface area contributed by atoms with E-state index in [1.165, 1.54) is 13.2 Å². The predicted octanol–water partition coefficient (Wildman–Crippen LogP) is 4.32. The van der Waals surface area contributed by atoms with Gasteiger partial charge < -0.3 is 9.30 Å². The molecular formula is C20H21FN2O2. The molecule has 0 bridgehead atoms. The fourth-order valence-corrected chi connectivity index (χ4v) is 2.98. The second-order valence-corrected chi connectivity index (χ2v) is 6.10. The molecule has 2 heterocycles. The highest BCUT2D eigenvalue weighted by molar-refractivity contribution is 5.95. The molecule has 0 fully saturated rings. The van der Waals surface area contributed by atoms with Gasteiger partial charge in [-0.1, -0.05) is 13.3 Å². The Labute approximate surface area is 145 Å². The van der Waals surface area contributed by atoms with Gasteiger partial charge in [0.2, 0.25) is 0 Å². The van der Waals surface area contributed by atoms with E-state index in [0.717, 1.165) is 23.8 Å². The Morgan fingerprint density at radius 3 is 2.80 bits per heavy atom. The quantitative estimate of drug-likeness (QED) is 0.695. The van der Waals surface area contributed by atoms with E-state index in [9.17, 15) is 9.18 Å². The fraction of sp³-hybridized carbons (Fsp3) is 0.300. The lowest BCUT2D eigenvalue weighted by Crippen LogP contribution is -2.20. The summed E-state index contributed by atoms with van der Waals surface area (Å²) in [6.45, 7) is 4.38. The zero-order valence-electron chi connectivity index (χ0n) is 14.7. The van der Waals surface area contributed by atoms with Gasteiger partial charge in [-0.05, 0) is 42.5 Å². The van der Waals surface area contributed by atoms with Gasteiger partial charge in [-0.2, -0.15) is 0 Å². The molecule has 130 valence electrons. The van der Waals surface area contributed by atoms with Gasteiger partial charge in [-0.15, -0.1) is 0 Å². The maximum Gasteiger partial charge on any atom is 0.260 e. The summed E-state index contributed by atoms with van der Waals surface area (Å²) in [5.74, 6) is 0.159. The van der Waals surface area contributed by atoms with Crippen molar-refractivity contribution in [3.63, 3.8) is 0 Å². The zero-order chi connectivity index (χ0) is 18.0. The first kappa shape index (κ1) is 17.1. The topological polar surface area (TPSA) is 44.1 Å². The number of aryl methyl sites for hydroxylation is 1. The maximum atomic E-state index is 14.3. The van der Waals surface area contributed by atoms with Crippen LogP contribution in [0, 0.1) is 12.7 Å². The lowest BCUT2D eigenvalue weighted by molar-refractivity contribution is 0.407. The molecule has 4 nitrogen and oxygen atoms in total. The Kier molecular flexibility index (Phi) is 4.83. The Morgan fingerprint density at radius 1 is 1.28 bits per heavy atom. The van der Waals surface area contributed by atoms with Gasteiger partial charge in [0.25, 0.3) is 5.56 Å². The molecule has 2 aromatic heterocycles. The Balaban J connectivity index is 2.30. The van der Waals surface area contributed by atoms with Crippen LogP contribution in [0.25, 0.3) is 21.9 Å². The van der Waals surface area contributed by atoms with Crippen LogP contribution in [0.4, 0.5) is 4.39 Å². The van der Waals surface area contributed by atoms with E-state index in [2.05, 4.69) is 11.9 Å². The summed E-state index contributed by atoms with van der Waals surface area (Å²) in [6, 6.07) is 5.09. The van der Waals surface area contributed by atoms with Gasteiger partial charge in [0.15, 0.2) is 0 Å². The van der Waals surface area contributed by atoms with Gasteiger partial charge in [0.1, 0.15) is 11.6 Å². The van der Waals surface area contributed by atoms with Crippen LogP contribution >= 0.6 is 0 Å². The Bertz CT molecular complexity index is 979. The van der Waals surface area contributed by atoms with Crippen molar-refractivity contribution in [3.8, 4) is 16.9 Å². The van der Waals surface area contributed by atoms with Gasteiger partial charge >= 0.3 is 0 Å². The van der Waals surface area contributed by atoms with Crippen LogP contribution in [-0.4, -0.2) is 16.7 Å². The van der Waals surface area contributed by atoms with E-state index in [-0.39, 0.29) is 11.4 Å². The summed E-state index contributed by atoms with van der Waals surface area (Å²) in [5, 5.41) is 1.30. The summed E-state index contributed by atoms with van der Waals surface area (Å²) in [5.41, 5.74) is 1.88. The van der Waals surface area contributed by atoms with Crippen LogP contribution in [0.5, 0.6) is 5.75 Å². The second kappa shape index (κ2) is 7.05. The standard InChI is InChI=1S/C20H21FN2O2/c1-4-5-8-23-12-17(15-6-7-22-11-16(15)20(23)24)14-9-18(21)13(2)19(10-14)25-3/h6-7,9-12H,4-5,8H2,1-3H3. The maximum absolute atomic E-state index is 14.3. The van der Waals surface area contributed by atoms with Crippen LogP contribution in [0.15, 0.2) is 41.6 Å². The van der Waals surface area contributed by atoms with Crippen molar-refractivity contribution < 1.29 is 9.13 Å². The summed E-state index contributed by atoms with van der Waals surface area (Å²) in [6.07, 6.45) is 6.91. The molecule has 1 aromatic carbocycles. The highest BCUT2D eigenvalue weighted by atomic mass is 19.1. The van der Waals surface area contributed by atoms with Crippen LogP contribution < -0.4 is 10.3 Å². The highest BCUT2D eigenvalue weighted by Gasteiger charge is 2.14. The minimum absolute atomic E-state index is 0.0696. The largest absolute Gasteiger partial charge is 0.496 e. The minimum atomic E-state index is -0.331. The lowest BCUT2D eigenvalue weighted by Gasteiger charge is -2.14. The molecule has 3 rings (SSSR count). The molecule has 25 heavy (non-hydrogen) atoms. The number of benzene rings is 1. The zero-order valence-corrected chi connectivity index (χ0v) is 14.7. The highest BCUT2D eigenvalue weighted by Crippen LogP contribution is 2.32. The van der Waals surface area contributed by atoms with E-state index in [1.807, 2.05) is 12.3 Å². The number of aromatic nitrogens is 2. The number of rotatable bonds is 5. The van der Waals surface area contributed by atoms with Gasteiger partial charge in [-0.3, -0.25) is 9.78 Å². The first-order valence-electron chi connectivity index (χ1n) is 8.38. The molecule has 5 heteroatoms. The molecule has 0 spiro atoms. The van der Waals surface area contributed by atoms with Crippen molar-refractivity contribution >= 4 is 10.8 Å². The van der Waals surface area contributed by atoms with Gasteiger partial charge in [0, 0.05) is 36.3 Å². The predicted molar refractivity (Wildman–Crippen MR) is 97.6 cm³/mol. The summed E-state index contributed by atoms with van der Waals surface area (Å²) in [7, 11) is 1.52. The molecule has 0 atom stereocenters. The summed E-state index contributed by atoms with van der Waals surface area (Å²) in [4.78, 5) is 16.8. The Hall–Kier alpha value is -2.69. The molecule has 3 aromatic rings. The van der Waals surface area contributed by atoms with Gasteiger partial charge in [0.05, 0.1) is 12.5 Å². The summed E-state index contributed by atoms with van der Waals surface area (Å²) < 4.78 is 21.3. The Morgan fingerprint density at radius 2 is 2.08 bits per heavy atom. The van der Waals surface area contributed by atoms with Crippen molar-refractivity contribution in [2.75, 3.05) is 7.11 Å². The van der Waals surface area contributed by atoms with Crippen molar-refractivity contribution in [3.05, 3.63) is 58.5 Å². The SMILES string of the molecule is CCCCn1cc(-c2cc(F)c(C)c(OC)c2)c2ccncc2c1=O. The van der Waals surface area contributed by atoms with Crippen molar-refractivity contribution in [1.82, 2.24) is 9.55 Å². The van der Waals surface area contributed by atoms with E-state index in [4.69, 9.17) is 4.74 Å². The molecule has 0 amide bonds. The second-order valence-electron chi connectivity index (χ2n) is 6.10. The molecule has 0 aliphatic carbocycles. The first-order chi connectivity index (χ1) is 12.1. The molecule has 0 radical (unpaired) electrons. The molecular weight excluding hydrogens is 319 g/mol. The van der Waals surface area contributed by atoms with Crippen molar-refractivity contribution in [2.24, 2.45) is 0 Å². The molecule has 0 aliphatic heterocycles.